The maximum Gasteiger partial charge on any atom is 0.251 e. The van der Waals surface area contributed by atoms with Gasteiger partial charge in [-0.3, -0.25) is 9.48 Å². The first-order valence-electron chi connectivity index (χ1n) is 8.49. The van der Waals surface area contributed by atoms with Gasteiger partial charge in [-0.15, -0.1) is 0 Å². The van der Waals surface area contributed by atoms with Crippen LogP contribution in [0.1, 0.15) is 16.1 Å². The second-order valence-electron chi connectivity index (χ2n) is 6.13. The van der Waals surface area contributed by atoms with Crippen molar-refractivity contribution in [2.45, 2.75) is 6.42 Å². The summed E-state index contributed by atoms with van der Waals surface area (Å²) in [4.78, 5) is 19.7. The molecule has 0 saturated carbocycles. The van der Waals surface area contributed by atoms with Crippen LogP contribution in [0.5, 0.6) is 0 Å². The normalized spacial score (nSPS) is 11.0. The molecule has 4 aromatic rings. The lowest BCUT2D eigenvalue weighted by molar-refractivity contribution is 0.0955. The van der Waals surface area contributed by atoms with E-state index in [1.165, 1.54) is 0 Å². The molecule has 0 aliphatic rings. The summed E-state index contributed by atoms with van der Waals surface area (Å²) >= 11 is 0. The molecule has 2 N–H and O–H groups in total. The topological polar surface area (TPSA) is 75.6 Å². The second kappa shape index (κ2) is 6.84. The lowest BCUT2D eigenvalue weighted by Crippen LogP contribution is -2.26. The van der Waals surface area contributed by atoms with Gasteiger partial charge in [0.05, 0.1) is 12.0 Å². The summed E-state index contributed by atoms with van der Waals surface area (Å²) in [6.07, 6.45) is 5.91. The fourth-order valence-electron chi connectivity index (χ4n) is 3.19. The zero-order valence-corrected chi connectivity index (χ0v) is 14.4. The number of carbonyl (C=O) groups is 1. The molecule has 2 heterocycles. The van der Waals surface area contributed by atoms with Crippen molar-refractivity contribution in [3.8, 4) is 11.3 Å². The van der Waals surface area contributed by atoms with E-state index in [4.69, 9.17) is 0 Å². The number of carbonyl (C=O) groups excluding carboxylic acids is 1. The Labute approximate surface area is 150 Å². The third-order valence-electron chi connectivity index (χ3n) is 4.50. The molecule has 6 heteroatoms. The number of hydrogen-bond acceptors (Lipinski definition) is 3. The van der Waals surface area contributed by atoms with Crippen molar-refractivity contribution in [2.75, 3.05) is 6.54 Å². The fraction of sp³-hybridized carbons (Fsp3) is 0.150. The molecule has 2 aromatic carbocycles. The summed E-state index contributed by atoms with van der Waals surface area (Å²) in [5, 5.41) is 9.22. The molecule has 6 nitrogen and oxygen atoms in total. The molecule has 26 heavy (non-hydrogen) atoms. The Morgan fingerprint density at radius 2 is 2.00 bits per heavy atom. The maximum absolute atomic E-state index is 12.7. The van der Waals surface area contributed by atoms with Gasteiger partial charge in [-0.1, -0.05) is 30.3 Å². The molecule has 0 atom stereocenters. The fourth-order valence-corrected chi connectivity index (χ4v) is 3.19. The molecule has 0 saturated heterocycles. The van der Waals surface area contributed by atoms with Crippen LogP contribution in [0.4, 0.5) is 0 Å². The van der Waals surface area contributed by atoms with E-state index < -0.39 is 0 Å². The van der Waals surface area contributed by atoms with Crippen molar-refractivity contribution in [3.05, 3.63) is 72.4 Å². The molecule has 2 aromatic heterocycles. The Morgan fingerprint density at radius 1 is 1.15 bits per heavy atom. The van der Waals surface area contributed by atoms with Gasteiger partial charge in [-0.05, 0) is 22.9 Å². The predicted molar refractivity (Wildman–Crippen MR) is 101 cm³/mol. The van der Waals surface area contributed by atoms with Crippen molar-refractivity contribution in [2.24, 2.45) is 7.05 Å². The minimum Gasteiger partial charge on any atom is -0.352 e. The SMILES string of the molecule is Cn1nccc1-c1ccc(C(=O)NCCc2cnc[nH]2)c2ccccc12. The summed E-state index contributed by atoms with van der Waals surface area (Å²) in [6.45, 7) is 0.554. The van der Waals surface area contributed by atoms with Crippen molar-refractivity contribution in [1.82, 2.24) is 25.1 Å². The lowest BCUT2D eigenvalue weighted by atomic mass is 9.97. The molecular weight excluding hydrogens is 326 g/mol. The van der Waals surface area contributed by atoms with Crippen LogP contribution in [-0.4, -0.2) is 32.2 Å². The minimum atomic E-state index is -0.0720. The van der Waals surface area contributed by atoms with Crippen LogP contribution in [0.25, 0.3) is 22.0 Å². The Morgan fingerprint density at radius 3 is 2.73 bits per heavy atom. The molecule has 0 aliphatic carbocycles. The highest BCUT2D eigenvalue weighted by Gasteiger charge is 2.14. The number of rotatable bonds is 5. The predicted octanol–water partition coefficient (Wildman–Crippen LogP) is 2.94. The van der Waals surface area contributed by atoms with Crippen LogP contribution >= 0.6 is 0 Å². The molecule has 0 bridgehead atoms. The summed E-state index contributed by atoms with van der Waals surface area (Å²) in [7, 11) is 1.92. The van der Waals surface area contributed by atoms with Gasteiger partial charge in [-0.25, -0.2) is 4.98 Å². The molecule has 0 fully saturated rings. The number of nitrogens with one attached hydrogen (secondary N) is 2. The average Bonchev–Trinajstić information content (AvgIpc) is 3.32. The number of amides is 1. The van der Waals surface area contributed by atoms with Gasteiger partial charge < -0.3 is 10.3 Å². The lowest BCUT2D eigenvalue weighted by Gasteiger charge is -2.12. The highest BCUT2D eigenvalue weighted by atomic mass is 16.1. The number of aryl methyl sites for hydroxylation is 1. The summed E-state index contributed by atoms with van der Waals surface area (Å²) in [6, 6.07) is 13.8. The van der Waals surface area contributed by atoms with E-state index in [2.05, 4.69) is 20.4 Å². The quantitative estimate of drug-likeness (QED) is 0.584. The van der Waals surface area contributed by atoms with Crippen LogP contribution < -0.4 is 5.32 Å². The Hall–Kier alpha value is -3.41. The van der Waals surface area contributed by atoms with Crippen LogP contribution in [0.15, 0.2) is 61.2 Å². The number of fused-ring (bicyclic) bond motifs is 1. The Bertz CT molecular complexity index is 1050. The van der Waals surface area contributed by atoms with Crippen LogP contribution in [0.2, 0.25) is 0 Å². The Kier molecular flexibility index (Phi) is 4.23. The zero-order valence-electron chi connectivity index (χ0n) is 14.4. The van der Waals surface area contributed by atoms with Crippen molar-refractivity contribution < 1.29 is 4.79 Å². The van der Waals surface area contributed by atoms with Gasteiger partial charge in [0.15, 0.2) is 0 Å². The minimum absolute atomic E-state index is 0.0720. The Balaban J connectivity index is 1.64. The number of hydrogen-bond donors (Lipinski definition) is 2. The molecule has 4 rings (SSSR count). The van der Waals surface area contributed by atoms with E-state index >= 15 is 0 Å². The number of nitrogens with zero attached hydrogens (tertiary/aromatic N) is 3. The van der Waals surface area contributed by atoms with E-state index in [1.807, 2.05) is 54.2 Å². The van der Waals surface area contributed by atoms with Crippen molar-refractivity contribution in [3.63, 3.8) is 0 Å². The third-order valence-corrected chi connectivity index (χ3v) is 4.50. The number of H-pyrrole nitrogens is 1. The van der Waals surface area contributed by atoms with Crippen LogP contribution in [0.3, 0.4) is 0 Å². The summed E-state index contributed by atoms with van der Waals surface area (Å²) in [5.41, 5.74) is 3.76. The van der Waals surface area contributed by atoms with Crippen molar-refractivity contribution in [1.29, 1.82) is 0 Å². The average molecular weight is 345 g/mol. The van der Waals surface area contributed by atoms with Gasteiger partial charge in [0.2, 0.25) is 0 Å². The van der Waals surface area contributed by atoms with Gasteiger partial charge in [0, 0.05) is 49.2 Å². The van der Waals surface area contributed by atoms with Gasteiger partial charge in [-0.2, -0.15) is 5.10 Å². The zero-order chi connectivity index (χ0) is 17.9. The number of benzene rings is 2. The first-order chi connectivity index (χ1) is 12.7. The van der Waals surface area contributed by atoms with E-state index in [1.54, 1.807) is 18.7 Å². The number of aromatic amines is 1. The summed E-state index contributed by atoms with van der Waals surface area (Å²) in [5.74, 6) is -0.0720. The van der Waals surface area contributed by atoms with E-state index in [0.717, 1.165) is 34.1 Å². The molecule has 0 radical (unpaired) electrons. The van der Waals surface area contributed by atoms with Crippen LogP contribution in [0, 0.1) is 0 Å². The van der Waals surface area contributed by atoms with Gasteiger partial charge in [0.1, 0.15) is 0 Å². The first kappa shape index (κ1) is 16.1. The molecule has 130 valence electrons. The monoisotopic (exact) mass is 345 g/mol. The second-order valence-corrected chi connectivity index (χ2v) is 6.13. The highest BCUT2D eigenvalue weighted by Crippen LogP contribution is 2.30. The molecule has 0 unspecified atom stereocenters. The largest absolute Gasteiger partial charge is 0.352 e. The van der Waals surface area contributed by atoms with Crippen molar-refractivity contribution >= 4 is 16.7 Å². The van der Waals surface area contributed by atoms with Crippen LogP contribution in [-0.2, 0) is 13.5 Å². The summed E-state index contributed by atoms with van der Waals surface area (Å²) < 4.78 is 1.84. The smallest absolute Gasteiger partial charge is 0.251 e. The maximum atomic E-state index is 12.7. The third kappa shape index (κ3) is 2.97. The van der Waals surface area contributed by atoms with E-state index in [0.29, 0.717) is 12.1 Å². The molecule has 0 aliphatic heterocycles. The number of aromatic nitrogens is 4. The molecular formula is C20H19N5O. The van der Waals surface area contributed by atoms with E-state index in [-0.39, 0.29) is 5.91 Å². The molecule has 1 amide bonds. The number of imidazole rings is 1. The van der Waals surface area contributed by atoms with E-state index in [9.17, 15) is 4.79 Å². The van der Waals surface area contributed by atoms with Gasteiger partial charge in [0.25, 0.3) is 5.91 Å². The standard InChI is InChI=1S/C20H19N5O/c1-25-19(9-11-24-25)17-6-7-18(16-5-3-2-4-15(16)17)20(26)22-10-8-14-12-21-13-23-14/h2-7,9,11-13H,8,10H2,1H3,(H,21,23)(H,22,26). The molecule has 0 spiro atoms. The van der Waals surface area contributed by atoms with Gasteiger partial charge >= 0.3 is 0 Å². The highest BCUT2D eigenvalue weighted by molar-refractivity contribution is 6.10. The first-order valence-corrected chi connectivity index (χ1v) is 8.49.